The maximum absolute atomic E-state index is 12.1. The molecule has 1 aromatic carbocycles. The lowest BCUT2D eigenvalue weighted by molar-refractivity contribution is 0.414. The average molecular weight is 263 g/mol. The summed E-state index contributed by atoms with van der Waals surface area (Å²) in [4.78, 5) is 0. The Morgan fingerprint density at radius 2 is 1.95 bits per heavy atom. The number of halogens is 1. The quantitative estimate of drug-likeness (QED) is 0.832. The Labute approximate surface area is 112 Å². The Morgan fingerprint density at radius 3 is 2.63 bits per heavy atom. The highest BCUT2D eigenvalue weighted by Crippen LogP contribution is 2.11. The van der Waals surface area contributed by atoms with Gasteiger partial charge >= 0.3 is 0 Å². The lowest BCUT2D eigenvalue weighted by atomic mass is 10.2. The van der Waals surface area contributed by atoms with Gasteiger partial charge in [-0.05, 0) is 17.7 Å². The Balaban J connectivity index is 1.78. The van der Waals surface area contributed by atoms with E-state index in [1.807, 2.05) is 30.5 Å². The van der Waals surface area contributed by atoms with Gasteiger partial charge in [0.2, 0.25) is 0 Å². The molecule has 102 valence electrons. The van der Waals surface area contributed by atoms with Gasteiger partial charge in [0, 0.05) is 24.8 Å². The number of alkyl halides is 1. The molecule has 0 bridgehead atoms. The fraction of sp³-hybridized carbons (Fsp3) is 0.357. The first-order valence-electron chi connectivity index (χ1n) is 6.23. The summed E-state index contributed by atoms with van der Waals surface area (Å²) >= 11 is 0. The highest BCUT2D eigenvalue weighted by atomic mass is 19.1. The number of hydrogen-bond donors (Lipinski definition) is 1. The Bertz CT molecular complexity index is 496. The van der Waals surface area contributed by atoms with E-state index in [2.05, 4.69) is 10.4 Å². The molecule has 2 rings (SSSR count). The second-order valence-electron chi connectivity index (χ2n) is 4.25. The van der Waals surface area contributed by atoms with Crippen LogP contribution in [0.3, 0.4) is 0 Å². The van der Waals surface area contributed by atoms with Gasteiger partial charge < -0.3 is 10.1 Å². The third-order valence-corrected chi connectivity index (χ3v) is 2.82. The number of aromatic nitrogens is 2. The summed E-state index contributed by atoms with van der Waals surface area (Å²) in [6.07, 6.45) is 3.62. The van der Waals surface area contributed by atoms with Crippen molar-refractivity contribution in [1.82, 2.24) is 15.1 Å². The molecule has 0 fully saturated rings. The maximum atomic E-state index is 12.1. The van der Waals surface area contributed by atoms with Gasteiger partial charge in [-0.1, -0.05) is 12.1 Å². The van der Waals surface area contributed by atoms with E-state index < -0.39 is 0 Å². The number of aryl methyl sites for hydroxylation is 1. The van der Waals surface area contributed by atoms with Crippen molar-refractivity contribution >= 4 is 0 Å². The van der Waals surface area contributed by atoms with E-state index in [1.165, 1.54) is 5.56 Å². The Hall–Kier alpha value is -1.88. The number of methoxy groups -OCH3 is 1. The minimum Gasteiger partial charge on any atom is -0.497 e. The molecule has 0 amide bonds. The minimum absolute atomic E-state index is 0.318. The van der Waals surface area contributed by atoms with Crippen molar-refractivity contribution in [3.63, 3.8) is 0 Å². The summed E-state index contributed by atoms with van der Waals surface area (Å²) in [5, 5.41) is 7.40. The summed E-state index contributed by atoms with van der Waals surface area (Å²) in [6, 6.07) is 7.93. The lowest BCUT2D eigenvalue weighted by Crippen LogP contribution is -2.12. The van der Waals surface area contributed by atoms with Gasteiger partial charge in [-0.2, -0.15) is 5.10 Å². The first-order chi connectivity index (χ1) is 9.31. The zero-order valence-corrected chi connectivity index (χ0v) is 11.0. The van der Waals surface area contributed by atoms with Crippen molar-refractivity contribution in [2.45, 2.75) is 19.6 Å². The molecule has 0 unspecified atom stereocenters. The minimum atomic E-state index is -0.388. The molecule has 4 nitrogen and oxygen atoms in total. The average Bonchev–Trinajstić information content (AvgIpc) is 2.88. The van der Waals surface area contributed by atoms with Crippen molar-refractivity contribution in [2.24, 2.45) is 0 Å². The van der Waals surface area contributed by atoms with Gasteiger partial charge in [-0.25, -0.2) is 4.39 Å². The standard InChI is InChI=1S/C14H18FN3O/c1-19-14-4-2-12(3-5-14)8-16-9-13-10-17-18(11-13)7-6-15/h2-5,10-11,16H,6-9H2,1H3. The molecular formula is C14H18FN3O. The van der Waals surface area contributed by atoms with Crippen molar-refractivity contribution in [2.75, 3.05) is 13.8 Å². The van der Waals surface area contributed by atoms with E-state index in [0.717, 1.165) is 24.4 Å². The SMILES string of the molecule is COc1ccc(CNCc2cnn(CCF)c2)cc1. The molecule has 0 saturated carbocycles. The fourth-order valence-corrected chi connectivity index (χ4v) is 1.80. The molecule has 2 aromatic rings. The monoisotopic (exact) mass is 263 g/mol. The van der Waals surface area contributed by atoms with Crippen molar-refractivity contribution in [3.05, 3.63) is 47.8 Å². The largest absolute Gasteiger partial charge is 0.497 e. The molecule has 0 aliphatic heterocycles. The fourth-order valence-electron chi connectivity index (χ4n) is 1.80. The van der Waals surface area contributed by atoms with Crippen molar-refractivity contribution in [3.8, 4) is 5.75 Å². The number of benzene rings is 1. The number of nitrogens with one attached hydrogen (secondary N) is 1. The predicted molar refractivity (Wildman–Crippen MR) is 71.7 cm³/mol. The number of ether oxygens (including phenoxy) is 1. The van der Waals surface area contributed by atoms with E-state index >= 15 is 0 Å². The molecule has 0 atom stereocenters. The van der Waals surface area contributed by atoms with Crippen LogP contribution in [0.25, 0.3) is 0 Å². The van der Waals surface area contributed by atoms with E-state index in [1.54, 1.807) is 18.0 Å². The molecule has 0 radical (unpaired) electrons. The van der Waals surface area contributed by atoms with Crippen molar-refractivity contribution in [1.29, 1.82) is 0 Å². The molecule has 0 spiro atoms. The van der Waals surface area contributed by atoms with E-state index in [-0.39, 0.29) is 6.67 Å². The van der Waals surface area contributed by atoms with Gasteiger partial charge in [0.25, 0.3) is 0 Å². The van der Waals surface area contributed by atoms with Crippen LogP contribution >= 0.6 is 0 Å². The summed E-state index contributed by atoms with van der Waals surface area (Å²) in [6.45, 7) is 1.43. The molecule has 0 aliphatic rings. The van der Waals surface area contributed by atoms with Gasteiger partial charge in [-0.15, -0.1) is 0 Å². The van der Waals surface area contributed by atoms with Crippen molar-refractivity contribution < 1.29 is 9.13 Å². The van der Waals surface area contributed by atoms with Crippen LogP contribution < -0.4 is 10.1 Å². The molecule has 0 saturated heterocycles. The molecule has 1 N–H and O–H groups in total. The van der Waals surface area contributed by atoms with Crippen LogP contribution in [0.2, 0.25) is 0 Å². The third-order valence-electron chi connectivity index (χ3n) is 2.82. The normalized spacial score (nSPS) is 10.6. The van der Waals surface area contributed by atoms with E-state index in [4.69, 9.17) is 4.74 Å². The first kappa shape index (κ1) is 13.5. The predicted octanol–water partition coefficient (Wildman–Crippen LogP) is 2.15. The third kappa shape index (κ3) is 4.06. The molecule has 19 heavy (non-hydrogen) atoms. The molecular weight excluding hydrogens is 245 g/mol. The first-order valence-corrected chi connectivity index (χ1v) is 6.23. The van der Waals surface area contributed by atoms with Gasteiger partial charge in [0.1, 0.15) is 12.4 Å². The molecule has 0 aliphatic carbocycles. The number of rotatable bonds is 7. The van der Waals surface area contributed by atoms with Crippen LogP contribution in [0, 0.1) is 0 Å². The summed E-state index contributed by atoms with van der Waals surface area (Å²) in [5.74, 6) is 0.858. The zero-order chi connectivity index (χ0) is 13.5. The Kier molecular flexibility index (Phi) is 4.92. The van der Waals surface area contributed by atoms with Crippen LogP contribution in [0.5, 0.6) is 5.75 Å². The second-order valence-corrected chi connectivity index (χ2v) is 4.25. The molecule has 5 heteroatoms. The van der Waals surface area contributed by atoms with Gasteiger partial charge in [-0.3, -0.25) is 4.68 Å². The summed E-state index contributed by atoms with van der Waals surface area (Å²) in [5.41, 5.74) is 2.25. The summed E-state index contributed by atoms with van der Waals surface area (Å²) < 4.78 is 18.9. The van der Waals surface area contributed by atoms with Gasteiger partial charge in [0.05, 0.1) is 19.9 Å². The lowest BCUT2D eigenvalue weighted by Gasteiger charge is -2.04. The van der Waals surface area contributed by atoms with Crippen LogP contribution in [0.1, 0.15) is 11.1 Å². The maximum Gasteiger partial charge on any atom is 0.118 e. The molecule has 1 heterocycles. The highest BCUT2D eigenvalue weighted by molar-refractivity contribution is 5.27. The number of nitrogens with zero attached hydrogens (tertiary/aromatic N) is 2. The number of hydrogen-bond acceptors (Lipinski definition) is 3. The van der Waals surface area contributed by atoms with Crippen LogP contribution in [-0.2, 0) is 19.6 Å². The Morgan fingerprint density at radius 1 is 1.21 bits per heavy atom. The van der Waals surface area contributed by atoms with Crippen LogP contribution in [0.15, 0.2) is 36.7 Å². The zero-order valence-electron chi connectivity index (χ0n) is 11.0. The van der Waals surface area contributed by atoms with E-state index in [0.29, 0.717) is 6.54 Å². The molecule has 1 aromatic heterocycles. The van der Waals surface area contributed by atoms with Crippen LogP contribution in [0.4, 0.5) is 4.39 Å². The van der Waals surface area contributed by atoms with Gasteiger partial charge in [0.15, 0.2) is 0 Å². The highest BCUT2D eigenvalue weighted by Gasteiger charge is 1.99. The summed E-state index contributed by atoms with van der Waals surface area (Å²) in [7, 11) is 1.66. The van der Waals surface area contributed by atoms with E-state index in [9.17, 15) is 4.39 Å². The second kappa shape index (κ2) is 6.89. The van der Waals surface area contributed by atoms with Crippen LogP contribution in [-0.4, -0.2) is 23.6 Å². The smallest absolute Gasteiger partial charge is 0.118 e. The topological polar surface area (TPSA) is 39.1 Å².